The Labute approximate surface area is 97.6 Å². The fourth-order valence-corrected chi connectivity index (χ4v) is 2.32. The molecular weight excluding hydrogens is 198 g/mol. The Kier molecular flexibility index (Phi) is 3.67. The van der Waals surface area contributed by atoms with Crippen LogP contribution in [-0.2, 0) is 0 Å². The van der Waals surface area contributed by atoms with Gasteiger partial charge in [-0.25, -0.2) is 0 Å². The molecule has 3 heteroatoms. The van der Waals surface area contributed by atoms with Gasteiger partial charge in [-0.2, -0.15) is 0 Å². The average Bonchev–Trinajstić information content (AvgIpc) is 2.32. The molecule has 1 aromatic carbocycles. The van der Waals surface area contributed by atoms with E-state index in [1.165, 1.54) is 18.5 Å². The van der Waals surface area contributed by atoms with E-state index in [0.717, 1.165) is 25.3 Å². The monoisotopic (exact) mass is 219 g/mol. The molecule has 0 amide bonds. The molecule has 1 heterocycles. The quantitative estimate of drug-likeness (QED) is 0.762. The summed E-state index contributed by atoms with van der Waals surface area (Å²) in [6.45, 7) is 5.53. The maximum absolute atomic E-state index is 5.69. The van der Waals surface area contributed by atoms with Gasteiger partial charge in [0.15, 0.2) is 0 Å². The smallest absolute Gasteiger partial charge is 0.0367 e. The second kappa shape index (κ2) is 5.21. The van der Waals surface area contributed by atoms with Crippen LogP contribution in [0.1, 0.15) is 19.8 Å². The van der Waals surface area contributed by atoms with Crippen molar-refractivity contribution in [3.63, 3.8) is 0 Å². The van der Waals surface area contributed by atoms with Gasteiger partial charge in [0.2, 0.25) is 0 Å². The summed E-state index contributed by atoms with van der Waals surface area (Å²) >= 11 is 0. The summed E-state index contributed by atoms with van der Waals surface area (Å²) in [5.41, 5.74) is 7.82. The molecule has 88 valence electrons. The van der Waals surface area contributed by atoms with Crippen molar-refractivity contribution in [3.05, 3.63) is 24.3 Å². The van der Waals surface area contributed by atoms with E-state index in [1.54, 1.807) is 0 Å². The van der Waals surface area contributed by atoms with Crippen LogP contribution < -0.4 is 16.0 Å². The van der Waals surface area contributed by atoms with Crippen LogP contribution in [-0.4, -0.2) is 25.7 Å². The standard InChI is InChI=1S/C13H21N3/c1-2-15-12-7-9-16(10-8-12)13-5-3-11(14)4-6-13/h3-6,12,15H,2,7-10,14H2,1H3. The van der Waals surface area contributed by atoms with Gasteiger partial charge in [-0.1, -0.05) is 6.92 Å². The van der Waals surface area contributed by atoms with E-state index in [9.17, 15) is 0 Å². The Balaban J connectivity index is 1.91. The molecule has 0 bridgehead atoms. The number of nitrogen functional groups attached to an aromatic ring is 1. The van der Waals surface area contributed by atoms with Gasteiger partial charge in [0, 0.05) is 30.5 Å². The lowest BCUT2D eigenvalue weighted by atomic mass is 10.0. The first-order valence-corrected chi connectivity index (χ1v) is 6.13. The fraction of sp³-hybridized carbons (Fsp3) is 0.538. The molecular formula is C13H21N3. The van der Waals surface area contributed by atoms with Crippen molar-refractivity contribution in [2.75, 3.05) is 30.3 Å². The maximum atomic E-state index is 5.69. The van der Waals surface area contributed by atoms with Gasteiger partial charge < -0.3 is 16.0 Å². The molecule has 0 aromatic heterocycles. The maximum Gasteiger partial charge on any atom is 0.0367 e. The molecule has 16 heavy (non-hydrogen) atoms. The Hall–Kier alpha value is -1.22. The third-order valence-corrected chi connectivity index (χ3v) is 3.25. The predicted octanol–water partition coefficient (Wildman–Crippen LogP) is 1.85. The van der Waals surface area contributed by atoms with Crippen molar-refractivity contribution in [2.45, 2.75) is 25.8 Å². The van der Waals surface area contributed by atoms with Gasteiger partial charge >= 0.3 is 0 Å². The van der Waals surface area contributed by atoms with Gasteiger partial charge in [0.25, 0.3) is 0 Å². The van der Waals surface area contributed by atoms with Crippen LogP contribution in [0.2, 0.25) is 0 Å². The first-order valence-electron chi connectivity index (χ1n) is 6.13. The van der Waals surface area contributed by atoms with E-state index >= 15 is 0 Å². The highest BCUT2D eigenvalue weighted by Crippen LogP contribution is 2.20. The number of hydrogen-bond acceptors (Lipinski definition) is 3. The summed E-state index contributed by atoms with van der Waals surface area (Å²) in [7, 11) is 0. The number of rotatable bonds is 3. The van der Waals surface area contributed by atoms with Crippen LogP contribution in [0, 0.1) is 0 Å². The minimum Gasteiger partial charge on any atom is -0.399 e. The summed E-state index contributed by atoms with van der Waals surface area (Å²) in [6, 6.07) is 8.89. The van der Waals surface area contributed by atoms with E-state index in [-0.39, 0.29) is 0 Å². The largest absolute Gasteiger partial charge is 0.399 e. The number of nitrogens with zero attached hydrogens (tertiary/aromatic N) is 1. The van der Waals surface area contributed by atoms with Crippen molar-refractivity contribution in [1.82, 2.24) is 5.32 Å². The fourth-order valence-electron chi connectivity index (χ4n) is 2.32. The second-order valence-electron chi connectivity index (χ2n) is 4.41. The second-order valence-corrected chi connectivity index (χ2v) is 4.41. The molecule has 0 saturated carbocycles. The Morgan fingerprint density at radius 3 is 2.44 bits per heavy atom. The molecule has 1 aliphatic heterocycles. The zero-order valence-corrected chi connectivity index (χ0v) is 9.95. The number of nitrogens with two attached hydrogens (primary N) is 1. The van der Waals surface area contributed by atoms with E-state index in [4.69, 9.17) is 5.73 Å². The average molecular weight is 219 g/mol. The third-order valence-electron chi connectivity index (χ3n) is 3.25. The molecule has 0 unspecified atom stereocenters. The van der Waals surface area contributed by atoms with Crippen LogP contribution >= 0.6 is 0 Å². The molecule has 0 spiro atoms. The van der Waals surface area contributed by atoms with E-state index < -0.39 is 0 Å². The molecule has 3 nitrogen and oxygen atoms in total. The van der Waals surface area contributed by atoms with Crippen LogP contribution in [0.15, 0.2) is 24.3 Å². The van der Waals surface area contributed by atoms with Gasteiger partial charge in [-0.05, 0) is 43.7 Å². The van der Waals surface area contributed by atoms with E-state index in [2.05, 4.69) is 29.3 Å². The van der Waals surface area contributed by atoms with Crippen molar-refractivity contribution in [2.24, 2.45) is 0 Å². The highest BCUT2D eigenvalue weighted by molar-refractivity contribution is 5.53. The predicted molar refractivity (Wildman–Crippen MR) is 69.8 cm³/mol. The molecule has 1 fully saturated rings. The molecule has 0 radical (unpaired) electrons. The molecule has 1 saturated heterocycles. The lowest BCUT2D eigenvalue weighted by molar-refractivity contribution is 0.424. The highest BCUT2D eigenvalue weighted by atomic mass is 15.1. The summed E-state index contributed by atoms with van der Waals surface area (Å²) < 4.78 is 0. The van der Waals surface area contributed by atoms with Gasteiger partial charge in [-0.3, -0.25) is 0 Å². The van der Waals surface area contributed by atoms with Crippen molar-refractivity contribution in [1.29, 1.82) is 0 Å². The Morgan fingerprint density at radius 2 is 1.88 bits per heavy atom. The van der Waals surface area contributed by atoms with E-state index in [1.807, 2.05) is 12.1 Å². The van der Waals surface area contributed by atoms with Crippen molar-refractivity contribution >= 4 is 11.4 Å². The molecule has 2 rings (SSSR count). The molecule has 0 aliphatic carbocycles. The SMILES string of the molecule is CCNC1CCN(c2ccc(N)cc2)CC1. The van der Waals surface area contributed by atoms with Gasteiger partial charge in [0.1, 0.15) is 0 Å². The minimum absolute atomic E-state index is 0.704. The number of anilines is 2. The third kappa shape index (κ3) is 2.67. The summed E-state index contributed by atoms with van der Waals surface area (Å²) in [6.07, 6.45) is 2.47. The lowest BCUT2D eigenvalue weighted by Crippen LogP contribution is -2.42. The van der Waals surface area contributed by atoms with Crippen LogP contribution in [0.3, 0.4) is 0 Å². The first kappa shape index (κ1) is 11.3. The number of benzene rings is 1. The number of nitrogens with one attached hydrogen (secondary N) is 1. The minimum atomic E-state index is 0.704. The van der Waals surface area contributed by atoms with E-state index in [0.29, 0.717) is 6.04 Å². The summed E-state index contributed by atoms with van der Waals surface area (Å²) in [5, 5.41) is 3.52. The van der Waals surface area contributed by atoms with Crippen molar-refractivity contribution in [3.8, 4) is 0 Å². The first-order chi connectivity index (χ1) is 7.79. The van der Waals surface area contributed by atoms with Crippen LogP contribution in [0.25, 0.3) is 0 Å². The molecule has 0 atom stereocenters. The molecule has 1 aromatic rings. The number of hydrogen-bond donors (Lipinski definition) is 2. The Morgan fingerprint density at radius 1 is 1.25 bits per heavy atom. The van der Waals surface area contributed by atoms with Crippen LogP contribution in [0.4, 0.5) is 11.4 Å². The zero-order valence-electron chi connectivity index (χ0n) is 9.95. The summed E-state index contributed by atoms with van der Waals surface area (Å²) in [4.78, 5) is 2.44. The van der Waals surface area contributed by atoms with Gasteiger partial charge in [-0.15, -0.1) is 0 Å². The van der Waals surface area contributed by atoms with Crippen LogP contribution in [0.5, 0.6) is 0 Å². The molecule has 3 N–H and O–H groups in total. The Bertz CT molecular complexity index is 312. The van der Waals surface area contributed by atoms with Crippen molar-refractivity contribution < 1.29 is 0 Å². The topological polar surface area (TPSA) is 41.3 Å². The lowest BCUT2D eigenvalue weighted by Gasteiger charge is -2.34. The van der Waals surface area contributed by atoms with Gasteiger partial charge in [0.05, 0.1) is 0 Å². The molecule has 1 aliphatic rings. The normalized spacial score (nSPS) is 17.7. The highest BCUT2D eigenvalue weighted by Gasteiger charge is 2.18. The zero-order chi connectivity index (χ0) is 11.4. The summed E-state index contributed by atoms with van der Waals surface area (Å²) in [5.74, 6) is 0. The number of piperidine rings is 1.